The fraction of sp³-hybridized carbons (Fsp3) is 0.947. The van der Waals surface area contributed by atoms with Gasteiger partial charge in [-0.3, -0.25) is 14.4 Å². The van der Waals surface area contributed by atoms with E-state index in [1.54, 1.807) is 0 Å². The van der Waals surface area contributed by atoms with Crippen LogP contribution < -0.4 is 0 Å². The van der Waals surface area contributed by atoms with Gasteiger partial charge < -0.3 is 14.2 Å². The van der Waals surface area contributed by atoms with Crippen molar-refractivity contribution in [1.82, 2.24) is 0 Å². The molecule has 0 saturated heterocycles. The number of hydrogen-bond acceptors (Lipinski definition) is 6. The molecule has 6 nitrogen and oxygen atoms in total. The topological polar surface area (TPSA) is 78.9 Å². The SMILES string of the molecule is CCCCCCCCCCCCCCCCCCCCC(=O)OC[C@@H](COC(=O)CCCCCCCCC(C)C)OC(=O)CCCCCCCCCCCCCCCCCCCC. The molecule has 0 N–H and O–H groups in total. The smallest absolute Gasteiger partial charge is 0.306 e. The Labute approximate surface area is 393 Å². The van der Waals surface area contributed by atoms with Gasteiger partial charge in [0.25, 0.3) is 0 Å². The number of ether oxygens (including phenoxy) is 3. The summed E-state index contributed by atoms with van der Waals surface area (Å²) in [6.45, 7) is 8.98. The van der Waals surface area contributed by atoms with E-state index in [4.69, 9.17) is 14.2 Å². The predicted molar refractivity (Wildman–Crippen MR) is 270 cm³/mol. The van der Waals surface area contributed by atoms with Crippen molar-refractivity contribution in [2.24, 2.45) is 5.92 Å². The summed E-state index contributed by atoms with van der Waals surface area (Å²) in [4.78, 5) is 38.0. The zero-order chi connectivity index (χ0) is 45.9. The molecule has 6 heteroatoms. The van der Waals surface area contributed by atoms with Crippen LogP contribution in [0, 0.1) is 5.92 Å². The Morgan fingerprint density at radius 2 is 0.524 bits per heavy atom. The summed E-state index contributed by atoms with van der Waals surface area (Å²) in [6.07, 6.45) is 55.4. The van der Waals surface area contributed by atoms with Crippen LogP contribution in [0.1, 0.15) is 323 Å². The second-order valence-corrected chi connectivity index (χ2v) is 20.1. The van der Waals surface area contributed by atoms with E-state index in [9.17, 15) is 14.4 Å². The number of esters is 3. The molecule has 0 aliphatic heterocycles. The maximum atomic E-state index is 12.8. The van der Waals surface area contributed by atoms with E-state index in [-0.39, 0.29) is 31.1 Å². The molecule has 0 aromatic rings. The average molecular weight is 892 g/mol. The van der Waals surface area contributed by atoms with Crippen molar-refractivity contribution in [2.75, 3.05) is 13.2 Å². The highest BCUT2D eigenvalue weighted by atomic mass is 16.6. The molecule has 374 valence electrons. The zero-order valence-electron chi connectivity index (χ0n) is 43.0. The molecule has 0 aliphatic rings. The van der Waals surface area contributed by atoms with Gasteiger partial charge in [0.1, 0.15) is 13.2 Å². The first-order valence-corrected chi connectivity index (χ1v) is 28.4. The van der Waals surface area contributed by atoms with Crippen LogP contribution in [0.4, 0.5) is 0 Å². The molecule has 0 bridgehead atoms. The van der Waals surface area contributed by atoms with E-state index in [1.165, 1.54) is 218 Å². The predicted octanol–water partition coefficient (Wildman–Crippen LogP) is 18.6. The first kappa shape index (κ1) is 61.4. The van der Waals surface area contributed by atoms with E-state index in [1.807, 2.05) is 0 Å². The van der Waals surface area contributed by atoms with Crippen LogP contribution in [-0.2, 0) is 28.6 Å². The second-order valence-electron chi connectivity index (χ2n) is 20.1. The van der Waals surface area contributed by atoms with Gasteiger partial charge in [0.15, 0.2) is 6.10 Å². The molecule has 0 saturated carbocycles. The Bertz CT molecular complexity index is 949. The number of carbonyl (C=O) groups is 3. The Kier molecular flexibility index (Phi) is 50.1. The minimum Gasteiger partial charge on any atom is -0.462 e. The summed E-state index contributed by atoms with van der Waals surface area (Å²) >= 11 is 0. The fourth-order valence-electron chi connectivity index (χ4n) is 8.75. The maximum absolute atomic E-state index is 12.8. The van der Waals surface area contributed by atoms with Gasteiger partial charge in [-0.15, -0.1) is 0 Å². The van der Waals surface area contributed by atoms with Crippen LogP contribution in [0.5, 0.6) is 0 Å². The molecular formula is C57H110O6. The van der Waals surface area contributed by atoms with Gasteiger partial charge in [-0.05, 0) is 25.2 Å². The molecule has 0 heterocycles. The monoisotopic (exact) mass is 891 g/mol. The fourth-order valence-corrected chi connectivity index (χ4v) is 8.75. The molecule has 1 atom stereocenters. The number of carbonyl (C=O) groups excluding carboxylic acids is 3. The minimum atomic E-state index is -0.762. The number of unbranched alkanes of at least 4 members (excludes halogenated alkanes) is 39. The van der Waals surface area contributed by atoms with E-state index >= 15 is 0 Å². The van der Waals surface area contributed by atoms with Crippen molar-refractivity contribution in [1.29, 1.82) is 0 Å². The third-order valence-electron chi connectivity index (χ3n) is 13.0. The molecule has 0 amide bonds. The lowest BCUT2D eigenvalue weighted by Gasteiger charge is -2.18. The molecule has 0 fully saturated rings. The van der Waals surface area contributed by atoms with E-state index in [2.05, 4.69) is 27.7 Å². The first-order valence-electron chi connectivity index (χ1n) is 28.4. The Balaban J connectivity index is 4.21. The van der Waals surface area contributed by atoms with E-state index < -0.39 is 6.10 Å². The van der Waals surface area contributed by atoms with Crippen molar-refractivity contribution in [3.05, 3.63) is 0 Å². The lowest BCUT2D eigenvalue weighted by Crippen LogP contribution is -2.30. The third kappa shape index (κ3) is 51.3. The van der Waals surface area contributed by atoms with Gasteiger partial charge in [-0.25, -0.2) is 0 Å². The van der Waals surface area contributed by atoms with Crippen molar-refractivity contribution in [2.45, 2.75) is 329 Å². The van der Waals surface area contributed by atoms with Gasteiger partial charge in [0.2, 0.25) is 0 Å². The van der Waals surface area contributed by atoms with Gasteiger partial charge in [0.05, 0.1) is 0 Å². The molecule has 0 aromatic heterocycles. The van der Waals surface area contributed by atoms with Crippen LogP contribution in [0.3, 0.4) is 0 Å². The highest BCUT2D eigenvalue weighted by Crippen LogP contribution is 2.18. The molecule has 0 rings (SSSR count). The molecular weight excluding hydrogens is 781 g/mol. The third-order valence-corrected chi connectivity index (χ3v) is 13.0. The highest BCUT2D eigenvalue weighted by molar-refractivity contribution is 5.71. The Hall–Kier alpha value is -1.59. The quantitative estimate of drug-likeness (QED) is 0.0344. The molecule has 63 heavy (non-hydrogen) atoms. The van der Waals surface area contributed by atoms with Crippen molar-refractivity contribution in [3.63, 3.8) is 0 Å². The average Bonchev–Trinajstić information content (AvgIpc) is 3.27. The van der Waals surface area contributed by atoms with Crippen LogP contribution in [0.2, 0.25) is 0 Å². The summed E-state index contributed by atoms with van der Waals surface area (Å²) in [5.41, 5.74) is 0. The molecule has 0 unspecified atom stereocenters. The lowest BCUT2D eigenvalue weighted by molar-refractivity contribution is -0.167. The highest BCUT2D eigenvalue weighted by Gasteiger charge is 2.19. The number of rotatable bonds is 52. The van der Waals surface area contributed by atoms with Gasteiger partial charge in [-0.2, -0.15) is 0 Å². The minimum absolute atomic E-state index is 0.0631. The normalized spacial score (nSPS) is 12.0. The van der Waals surface area contributed by atoms with Crippen molar-refractivity contribution in [3.8, 4) is 0 Å². The van der Waals surface area contributed by atoms with E-state index in [0.717, 1.165) is 63.7 Å². The number of hydrogen-bond donors (Lipinski definition) is 0. The Morgan fingerprint density at radius 1 is 0.302 bits per heavy atom. The molecule has 0 aliphatic carbocycles. The maximum Gasteiger partial charge on any atom is 0.306 e. The second kappa shape index (κ2) is 51.4. The van der Waals surface area contributed by atoms with Crippen LogP contribution in [0.25, 0.3) is 0 Å². The molecule has 0 spiro atoms. The zero-order valence-corrected chi connectivity index (χ0v) is 43.0. The largest absolute Gasteiger partial charge is 0.462 e. The van der Waals surface area contributed by atoms with Crippen LogP contribution >= 0.6 is 0 Å². The standard InChI is InChI=1S/C57H110O6/c1-5-7-9-11-13-15-17-19-21-23-25-27-29-31-33-35-40-44-48-55(58)61-51-54(52-62-56(59)49-45-41-38-37-39-43-47-53(3)4)63-57(60)50-46-42-36-34-32-30-28-26-24-22-20-18-16-14-12-10-8-6-2/h53-54H,5-52H2,1-4H3/t54-/m0/s1. The van der Waals surface area contributed by atoms with Crippen molar-refractivity contribution < 1.29 is 28.6 Å². The van der Waals surface area contributed by atoms with Gasteiger partial charge in [-0.1, -0.05) is 285 Å². The lowest BCUT2D eigenvalue weighted by atomic mass is 10.0. The summed E-state index contributed by atoms with van der Waals surface area (Å²) in [5, 5.41) is 0. The summed E-state index contributed by atoms with van der Waals surface area (Å²) in [6, 6.07) is 0. The van der Waals surface area contributed by atoms with E-state index in [0.29, 0.717) is 19.3 Å². The van der Waals surface area contributed by atoms with Crippen LogP contribution in [0.15, 0.2) is 0 Å². The summed E-state index contributed by atoms with van der Waals surface area (Å²) in [7, 11) is 0. The van der Waals surface area contributed by atoms with Crippen molar-refractivity contribution >= 4 is 17.9 Å². The van der Waals surface area contributed by atoms with Crippen LogP contribution in [-0.4, -0.2) is 37.2 Å². The molecule has 0 aromatic carbocycles. The first-order chi connectivity index (χ1) is 30.9. The van der Waals surface area contributed by atoms with Gasteiger partial charge >= 0.3 is 17.9 Å². The Morgan fingerprint density at radius 3 is 0.778 bits per heavy atom. The van der Waals surface area contributed by atoms with Gasteiger partial charge in [0, 0.05) is 19.3 Å². The summed E-state index contributed by atoms with van der Waals surface area (Å²) < 4.78 is 16.8. The molecule has 0 radical (unpaired) electrons. The summed E-state index contributed by atoms with van der Waals surface area (Å²) in [5.74, 6) is -0.0804.